The van der Waals surface area contributed by atoms with Crippen LogP contribution in [0.1, 0.15) is 31.1 Å². The van der Waals surface area contributed by atoms with Crippen molar-refractivity contribution in [2.45, 2.75) is 32.9 Å². The minimum absolute atomic E-state index is 0.0273. The Balaban J connectivity index is 1.92. The van der Waals surface area contributed by atoms with Crippen molar-refractivity contribution in [3.63, 3.8) is 0 Å². The summed E-state index contributed by atoms with van der Waals surface area (Å²) in [7, 11) is 0. The standard InChI is InChI=1S/C15H18ClN3O2/c1-9-8-14(21-19-9)18-15(20)11(3)17-10(2)12-4-6-13(16)7-5-12/h4-8,10-11,17H,1-3H3,(H,18,20)/t10-,11-/m1/s1. The Bertz CT molecular complexity index is 610. The number of carbonyl (C=O) groups excluding carboxylic acids is 1. The molecule has 0 aliphatic heterocycles. The van der Waals surface area contributed by atoms with Gasteiger partial charge in [0.2, 0.25) is 11.8 Å². The van der Waals surface area contributed by atoms with E-state index in [9.17, 15) is 4.79 Å². The average Bonchev–Trinajstić information content (AvgIpc) is 2.84. The highest BCUT2D eigenvalue weighted by Crippen LogP contribution is 2.17. The van der Waals surface area contributed by atoms with Crippen LogP contribution < -0.4 is 10.6 Å². The Morgan fingerprint density at radius 1 is 1.29 bits per heavy atom. The summed E-state index contributed by atoms with van der Waals surface area (Å²) < 4.78 is 4.96. The maximum atomic E-state index is 12.1. The van der Waals surface area contributed by atoms with Gasteiger partial charge in [0.05, 0.1) is 11.7 Å². The fourth-order valence-electron chi connectivity index (χ4n) is 1.95. The van der Waals surface area contributed by atoms with Crippen LogP contribution in [0.3, 0.4) is 0 Å². The molecule has 0 fully saturated rings. The van der Waals surface area contributed by atoms with Crippen molar-refractivity contribution in [1.29, 1.82) is 0 Å². The van der Waals surface area contributed by atoms with Gasteiger partial charge in [0, 0.05) is 17.1 Å². The topological polar surface area (TPSA) is 67.2 Å². The molecule has 1 heterocycles. The first kappa shape index (κ1) is 15.5. The van der Waals surface area contributed by atoms with Crippen molar-refractivity contribution in [1.82, 2.24) is 10.5 Å². The number of nitrogens with one attached hydrogen (secondary N) is 2. The number of rotatable bonds is 5. The van der Waals surface area contributed by atoms with E-state index in [1.807, 2.05) is 31.2 Å². The number of hydrogen-bond donors (Lipinski definition) is 2. The number of aryl methyl sites for hydroxylation is 1. The Hall–Kier alpha value is -1.85. The summed E-state index contributed by atoms with van der Waals surface area (Å²) in [4.78, 5) is 12.1. The third-order valence-electron chi connectivity index (χ3n) is 3.14. The van der Waals surface area contributed by atoms with Crippen molar-refractivity contribution < 1.29 is 9.32 Å². The molecule has 0 unspecified atom stereocenters. The zero-order chi connectivity index (χ0) is 15.4. The molecule has 2 rings (SSSR count). The van der Waals surface area contributed by atoms with Crippen LogP contribution in [0, 0.1) is 6.92 Å². The number of anilines is 1. The molecule has 0 saturated heterocycles. The lowest BCUT2D eigenvalue weighted by Crippen LogP contribution is -2.39. The van der Waals surface area contributed by atoms with Crippen molar-refractivity contribution in [3.05, 3.63) is 46.6 Å². The van der Waals surface area contributed by atoms with E-state index in [0.717, 1.165) is 11.3 Å². The summed E-state index contributed by atoms with van der Waals surface area (Å²) in [5.74, 6) is 0.178. The highest BCUT2D eigenvalue weighted by atomic mass is 35.5. The maximum Gasteiger partial charge on any atom is 0.243 e. The van der Waals surface area contributed by atoms with Crippen LogP contribution in [0.4, 0.5) is 5.88 Å². The van der Waals surface area contributed by atoms with Gasteiger partial charge in [-0.25, -0.2) is 0 Å². The molecule has 0 aliphatic rings. The first-order valence-corrected chi connectivity index (χ1v) is 7.09. The molecule has 1 amide bonds. The predicted octanol–water partition coefficient (Wildman–Crippen LogP) is 3.31. The molecule has 2 N–H and O–H groups in total. The molecule has 2 aromatic rings. The second-order valence-electron chi connectivity index (χ2n) is 4.98. The number of amides is 1. The quantitative estimate of drug-likeness (QED) is 0.889. The van der Waals surface area contributed by atoms with E-state index in [1.165, 1.54) is 0 Å². The Labute approximate surface area is 128 Å². The van der Waals surface area contributed by atoms with Crippen molar-refractivity contribution in [3.8, 4) is 0 Å². The molecule has 1 aromatic carbocycles. The Morgan fingerprint density at radius 2 is 1.95 bits per heavy atom. The third kappa shape index (κ3) is 4.31. The highest BCUT2D eigenvalue weighted by Gasteiger charge is 2.17. The number of nitrogens with zero attached hydrogens (tertiary/aromatic N) is 1. The number of halogens is 1. The van der Waals surface area contributed by atoms with Gasteiger partial charge in [-0.3, -0.25) is 15.4 Å². The smallest absolute Gasteiger partial charge is 0.243 e. The van der Waals surface area contributed by atoms with E-state index in [2.05, 4.69) is 15.8 Å². The van der Waals surface area contributed by atoms with E-state index >= 15 is 0 Å². The van der Waals surface area contributed by atoms with E-state index in [-0.39, 0.29) is 18.0 Å². The monoisotopic (exact) mass is 307 g/mol. The van der Waals surface area contributed by atoms with Gasteiger partial charge in [-0.05, 0) is 38.5 Å². The average molecular weight is 308 g/mol. The Kier molecular flexibility index (Phi) is 4.98. The lowest BCUT2D eigenvalue weighted by Gasteiger charge is -2.19. The number of aromatic nitrogens is 1. The van der Waals surface area contributed by atoms with E-state index < -0.39 is 0 Å². The molecule has 2 atom stereocenters. The molecular weight excluding hydrogens is 290 g/mol. The molecule has 112 valence electrons. The summed E-state index contributed by atoms with van der Waals surface area (Å²) in [6.07, 6.45) is 0. The van der Waals surface area contributed by atoms with Gasteiger partial charge < -0.3 is 4.52 Å². The Morgan fingerprint density at radius 3 is 2.52 bits per heavy atom. The van der Waals surface area contributed by atoms with Crippen LogP contribution in [-0.2, 0) is 4.79 Å². The molecule has 0 radical (unpaired) electrons. The highest BCUT2D eigenvalue weighted by molar-refractivity contribution is 6.30. The minimum Gasteiger partial charge on any atom is -0.338 e. The number of benzene rings is 1. The van der Waals surface area contributed by atoms with Gasteiger partial charge in [-0.15, -0.1) is 0 Å². The number of carbonyl (C=O) groups is 1. The molecule has 0 saturated carbocycles. The normalized spacial score (nSPS) is 13.7. The van der Waals surface area contributed by atoms with Gasteiger partial charge in [-0.2, -0.15) is 0 Å². The zero-order valence-corrected chi connectivity index (χ0v) is 12.9. The van der Waals surface area contributed by atoms with E-state index in [4.69, 9.17) is 16.1 Å². The molecule has 0 spiro atoms. The predicted molar refractivity (Wildman–Crippen MR) is 82.3 cm³/mol. The molecule has 0 aliphatic carbocycles. The number of hydrogen-bond acceptors (Lipinski definition) is 4. The second-order valence-corrected chi connectivity index (χ2v) is 5.42. The van der Waals surface area contributed by atoms with Crippen molar-refractivity contribution in [2.24, 2.45) is 0 Å². The third-order valence-corrected chi connectivity index (χ3v) is 3.39. The molecule has 5 nitrogen and oxygen atoms in total. The van der Waals surface area contributed by atoms with Crippen LogP contribution in [-0.4, -0.2) is 17.1 Å². The van der Waals surface area contributed by atoms with E-state index in [0.29, 0.717) is 10.9 Å². The molecule has 0 bridgehead atoms. The summed E-state index contributed by atoms with van der Waals surface area (Å²) in [5.41, 5.74) is 1.79. The van der Waals surface area contributed by atoms with Crippen LogP contribution >= 0.6 is 11.6 Å². The van der Waals surface area contributed by atoms with Crippen LogP contribution in [0.5, 0.6) is 0 Å². The largest absolute Gasteiger partial charge is 0.338 e. The summed E-state index contributed by atoms with van der Waals surface area (Å²) in [6.45, 7) is 5.58. The lowest BCUT2D eigenvalue weighted by molar-refractivity contribution is -0.118. The SMILES string of the molecule is Cc1cc(NC(=O)[C@@H](C)N[C@H](C)c2ccc(Cl)cc2)on1. The molecule has 6 heteroatoms. The van der Waals surface area contributed by atoms with E-state index in [1.54, 1.807) is 19.9 Å². The van der Waals surface area contributed by atoms with Crippen LogP contribution in [0.25, 0.3) is 0 Å². The maximum absolute atomic E-state index is 12.1. The van der Waals surface area contributed by atoms with Gasteiger partial charge in [-0.1, -0.05) is 28.9 Å². The lowest BCUT2D eigenvalue weighted by atomic mass is 10.1. The van der Waals surface area contributed by atoms with Crippen molar-refractivity contribution in [2.75, 3.05) is 5.32 Å². The fourth-order valence-corrected chi connectivity index (χ4v) is 2.08. The minimum atomic E-state index is -0.374. The molecule has 1 aromatic heterocycles. The van der Waals surface area contributed by atoms with Crippen LogP contribution in [0.2, 0.25) is 5.02 Å². The summed E-state index contributed by atoms with van der Waals surface area (Å²) in [6, 6.07) is 8.86. The molecular formula is C15H18ClN3O2. The van der Waals surface area contributed by atoms with Gasteiger partial charge >= 0.3 is 0 Å². The fraction of sp³-hybridized carbons (Fsp3) is 0.333. The summed E-state index contributed by atoms with van der Waals surface area (Å²) in [5, 5.41) is 10.3. The van der Waals surface area contributed by atoms with Gasteiger partial charge in [0.1, 0.15) is 0 Å². The second kappa shape index (κ2) is 6.74. The first-order valence-electron chi connectivity index (χ1n) is 6.71. The summed E-state index contributed by atoms with van der Waals surface area (Å²) >= 11 is 5.86. The zero-order valence-electron chi connectivity index (χ0n) is 12.2. The van der Waals surface area contributed by atoms with Gasteiger partial charge in [0.15, 0.2) is 0 Å². The molecule has 21 heavy (non-hydrogen) atoms. The van der Waals surface area contributed by atoms with Gasteiger partial charge in [0.25, 0.3) is 0 Å². The van der Waals surface area contributed by atoms with Crippen LogP contribution in [0.15, 0.2) is 34.9 Å². The first-order chi connectivity index (χ1) is 9.95. The van der Waals surface area contributed by atoms with Crippen molar-refractivity contribution >= 4 is 23.4 Å².